The summed E-state index contributed by atoms with van der Waals surface area (Å²) in [6, 6.07) is 7.19. The molecule has 6 nitrogen and oxygen atoms in total. The quantitative estimate of drug-likeness (QED) is 0.818. The van der Waals surface area contributed by atoms with Crippen LogP contribution < -0.4 is 10.1 Å². The third-order valence-electron chi connectivity index (χ3n) is 2.69. The first kappa shape index (κ1) is 19.8. The Morgan fingerprint density at radius 3 is 2.23 bits per heavy atom. The third kappa shape index (κ3) is 7.52. The van der Waals surface area contributed by atoms with Crippen LogP contribution in [0.1, 0.15) is 26.3 Å². The first-order chi connectivity index (χ1) is 10.6. The SMILES string of the molecule is CC.COC(=O)[C@H](C)CNC(=O)OCc1ccc(OC)cc1. The minimum Gasteiger partial charge on any atom is -0.497 e. The van der Waals surface area contributed by atoms with E-state index in [1.165, 1.54) is 7.11 Å². The van der Waals surface area contributed by atoms with Gasteiger partial charge in [0.2, 0.25) is 0 Å². The molecule has 1 amide bonds. The van der Waals surface area contributed by atoms with Gasteiger partial charge in [-0.15, -0.1) is 0 Å². The number of alkyl carbamates (subject to hydrolysis) is 1. The van der Waals surface area contributed by atoms with E-state index in [2.05, 4.69) is 10.1 Å². The smallest absolute Gasteiger partial charge is 0.407 e. The van der Waals surface area contributed by atoms with E-state index in [9.17, 15) is 9.59 Å². The number of hydrogen-bond donors (Lipinski definition) is 1. The molecule has 1 aromatic rings. The van der Waals surface area contributed by atoms with E-state index in [-0.39, 0.29) is 19.1 Å². The predicted molar refractivity (Wildman–Crippen MR) is 83.7 cm³/mol. The second kappa shape index (κ2) is 11.4. The summed E-state index contributed by atoms with van der Waals surface area (Å²) in [4.78, 5) is 22.6. The molecule has 0 saturated heterocycles. The molecule has 1 N–H and O–H groups in total. The van der Waals surface area contributed by atoms with Gasteiger partial charge in [0.1, 0.15) is 12.4 Å². The monoisotopic (exact) mass is 311 g/mol. The van der Waals surface area contributed by atoms with Crippen LogP contribution in [-0.4, -0.2) is 32.8 Å². The zero-order chi connectivity index (χ0) is 17.0. The average Bonchev–Trinajstić information content (AvgIpc) is 2.59. The summed E-state index contributed by atoms with van der Waals surface area (Å²) >= 11 is 0. The van der Waals surface area contributed by atoms with Crippen LogP contribution in [0.15, 0.2) is 24.3 Å². The number of benzene rings is 1. The Balaban J connectivity index is 0.00000211. The highest BCUT2D eigenvalue weighted by molar-refractivity contribution is 5.73. The van der Waals surface area contributed by atoms with Gasteiger partial charge in [0.15, 0.2) is 0 Å². The Hall–Kier alpha value is -2.24. The van der Waals surface area contributed by atoms with Crippen molar-refractivity contribution in [2.24, 2.45) is 5.92 Å². The van der Waals surface area contributed by atoms with Gasteiger partial charge in [0, 0.05) is 6.54 Å². The largest absolute Gasteiger partial charge is 0.497 e. The molecule has 0 fully saturated rings. The Morgan fingerprint density at radius 2 is 1.73 bits per heavy atom. The summed E-state index contributed by atoms with van der Waals surface area (Å²) in [6.45, 7) is 5.99. The summed E-state index contributed by atoms with van der Waals surface area (Å²) < 4.78 is 14.6. The minimum atomic E-state index is -0.573. The molecule has 0 unspecified atom stereocenters. The van der Waals surface area contributed by atoms with Crippen LogP contribution in [0.3, 0.4) is 0 Å². The lowest BCUT2D eigenvalue weighted by atomic mass is 10.2. The highest BCUT2D eigenvalue weighted by Gasteiger charge is 2.14. The minimum absolute atomic E-state index is 0.155. The number of amides is 1. The Morgan fingerprint density at radius 1 is 1.14 bits per heavy atom. The maximum Gasteiger partial charge on any atom is 0.407 e. The first-order valence-corrected chi connectivity index (χ1v) is 7.18. The molecule has 0 spiro atoms. The molecule has 22 heavy (non-hydrogen) atoms. The lowest BCUT2D eigenvalue weighted by Gasteiger charge is -2.11. The van der Waals surface area contributed by atoms with E-state index < -0.39 is 12.0 Å². The predicted octanol–water partition coefficient (Wildman–Crippen LogP) is 2.76. The van der Waals surface area contributed by atoms with E-state index in [0.717, 1.165) is 11.3 Å². The number of carbonyl (C=O) groups excluding carboxylic acids is 2. The highest BCUT2D eigenvalue weighted by Crippen LogP contribution is 2.11. The van der Waals surface area contributed by atoms with Gasteiger partial charge in [-0.3, -0.25) is 4.79 Å². The fourth-order valence-electron chi connectivity index (χ4n) is 1.44. The van der Waals surface area contributed by atoms with Crippen molar-refractivity contribution < 1.29 is 23.8 Å². The molecular weight excluding hydrogens is 286 g/mol. The zero-order valence-electron chi connectivity index (χ0n) is 13.8. The lowest BCUT2D eigenvalue weighted by molar-refractivity contribution is -0.144. The van der Waals surface area contributed by atoms with Crippen molar-refractivity contribution >= 4 is 12.1 Å². The van der Waals surface area contributed by atoms with Gasteiger partial charge in [0.25, 0.3) is 0 Å². The van der Waals surface area contributed by atoms with E-state index >= 15 is 0 Å². The zero-order valence-corrected chi connectivity index (χ0v) is 13.8. The summed E-state index contributed by atoms with van der Waals surface area (Å²) in [5.74, 6) is -0.0425. The molecule has 0 aliphatic heterocycles. The number of rotatable bonds is 6. The molecular formula is C16H25NO5. The van der Waals surface area contributed by atoms with Crippen LogP contribution in [0, 0.1) is 5.92 Å². The standard InChI is InChI=1S/C14H19NO5.C2H6/c1-10(13(16)19-3)8-15-14(17)20-9-11-4-6-12(18-2)7-5-11;1-2/h4-7,10H,8-9H2,1-3H3,(H,15,17);1-2H3/t10-;/m1./s1. The summed E-state index contributed by atoms with van der Waals surface area (Å²) in [5.41, 5.74) is 0.849. The topological polar surface area (TPSA) is 73.9 Å². The van der Waals surface area contributed by atoms with Crippen LogP contribution in [0.4, 0.5) is 4.79 Å². The summed E-state index contributed by atoms with van der Waals surface area (Å²) in [6.07, 6.45) is -0.573. The van der Waals surface area contributed by atoms with Crippen LogP contribution in [-0.2, 0) is 20.9 Å². The number of nitrogens with one attached hydrogen (secondary N) is 1. The van der Waals surface area contributed by atoms with Crippen LogP contribution >= 0.6 is 0 Å². The van der Waals surface area contributed by atoms with Gasteiger partial charge >= 0.3 is 12.1 Å². The number of methoxy groups -OCH3 is 2. The van der Waals surface area contributed by atoms with Crippen molar-refractivity contribution in [2.75, 3.05) is 20.8 Å². The maximum absolute atomic E-state index is 11.4. The van der Waals surface area contributed by atoms with Crippen LogP contribution in [0.2, 0.25) is 0 Å². The second-order valence-corrected chi connectivity index (χ2v) is 4.23. The summed E-state index contributed by atoms with van der Waals surface area (Å²) in [7, 11) is 2.89. The molecule has 1 aromatic carbocycles. The molecule has 0 aliphatic carbocycles. The van der Waals surface area contributed by atoms with Gasteiger partial charge in [-0.2, -0.15) is 0 Å². The summed E-state index contributed by atoms with van der Waals surface area (Å²) in [5, 5.41) is 2.50. The van der Waals surface area contributed by atoms with Crippen molar-refractivity contribution in [2.45, 2.75) is 27.4 Å². The van der Waals surface area contributed by atoms with Crippen molar-refractivity contribution in [1.29, 1.82) is 0 Å². The van der Waals surface area contributed by atoms with Gasteiger partial charge in [-0.25, -0.2) is 4.79 Å². The fraction of sp³-hybridized carbons (Fsp3) is 0.500. The molecule has 1 atom stereocenters. The average molecular weight is 311 g/mol. The number of hydrogen-bond acceptors (Lipinski definition) is 5. The number of carbonyl (C=O) groups is 2. The van der Waals surface area contributed by atoms with E-state index in [1.807, 2.05) is 26.0 Å². The molecule has 0 bridgehead atoms. The Kier molecular flexibility index (Phi) is 10.3. The van der Waals surface area contributed by atoms with Gasteiger partial charge < -0.3 is 19.5 Å². The Bertz CT molecular complexity index is 444. The second-order valence-electron chi connectivity index (χ2n) is 4.23. The van der Waals surface area contributed by atoms with E-state index in [4.69, 9.17) is 9.47 Å². The molecule has 0 saturated carbocycles. The molecule has 6 heteroatoms. The van der Waals surface area contributed by atoms with Gasteiger partial charge in [-0.1, -0.05) is 32.9 Å². The van der Waals surface area contributed by atoms with Gasteiger partial charge in [-0.05, 0) is 17.7 Å². The highest BCUT2D eigenvalue weighted by atomic mass is 16.5. The number of esters is 1. The molecule has 0 radical (unpaired) electrons. The van der Waals surface area contributed by atoms with Crippen molar-refractivity contribution in [3.63, 3.8) is 0 Å². The lowest BCUT2D eigenvalue weighted by Crippen LogP contribution is -2.32. The Labute approximate surface area is 131 Å². The molecule has 1 rings (SSSR count). The van der Waals surface area contributed by atoms with Crippen LogP contribution in [0.25, 0.3) is 0 Å². The normalized spacial score (nSPS) is 10.6. The number of ether oxygens (including phenoxy) is 3. The molecule has 0 aliphatic rings. The fourth-order valence-corrected chi connectivity index (χ4v) is 1.44. The molecule has 0 aromatic heterocycles. The molecule has 124 valence electrons. The first-order valence-electron chi connectivity index (χ1n) is 7.18. The third-order valence-corrected chi connectivity index (χ3v) is 2.69. The van der Waals surface area contributed by atoms with E-state index in [1.54, 1.807) is 26.2 Å². The van der Waals surface area contributed by atoms with Crippen LogP contribution in [0.5, 0.6) is 5.75 Å². The van der Waals surface area contributed by atoms with Crippen molar-refractivity contribution in [1.82, 2.24) is 5.32 Å². The van der Waals surface area contributed by atoms with Crippen molar-refractivity contribution in [3.8, 4) is 5.75 Å². The maximum atomic E-state index is 11.4. The van der Waals surface area contributed by atoms with Gasteiger partial charge in [0.05, 0.1) is 20.1 Å². The van der Waals surface area contributed by atoms with Crippen molar-refractivity contribution in [3.05, 3.63) is 29.8 Å². The molecule has 0 heterocycles. The van der Waals surface area contributed by atoms with E-state index in [0.29, 0.717) is 0 Å².